The summed E-state index contributed by atoms with van der Waals surface area (Å²) in [7, 11) is 0. The van der Waals surface area contributed by atoms with E-state index in [-0.39, 0.29) is 15.6 Å². The van der Waals surface area contributed by atoms with E-state index in [4.69, 9.17) is 34.8 Å². The molecule has 0 atom stereocenters. The standard InChI is InChI=1S/C9H4Cl3FO/c10-2-1-9(14)5-3-8(13)7(12)4-6(5)11/h1-4H/b2-1+. The molecule has 0 saturated carbocycles. The summed E-state index contributed by atoms with van der Waals surface area (Å²) in [6.45, 7) is 0. The van der Waals surface area contributed by atoms with Crippen molar-refractivity contribution in [2.24, 2.45) is 0 Å². The first kappa shape index (κ1) is 11.5. The fraction of sp³-hybridized carbons (Fsp3) is 0. The average Bonchev–Trinajstić information content (AvgIpc) is 2.11. The van der Waals surface area contributed by atoms with Gasteiger partial charge in [0.15, 0.2) is 5.78 Å². The number of hydrogen-bond acceptors (Lipinski definition) is 1. The number of halogens is 4. The van der Waals surface area contributed by atoms with Gasteiger partial charge in [0.25, 0.3) is 0 Å². The summed E-state index contributed by atoms with van der Waals surface area (Å²) in [6.07, 6.45) is 1.08. The molecule has 1 aromatic rings. The molecule has 0 spiro atoms. The van der Waals surface area contributed by atoms with Gasteiger partial charge < -0.3 is 0 Å². The van der Waals surface area contributed by atoms with Crippen molar-refractivity contribution in [3.8, 4) is 0 Å². The van der Waals surface area contributed by atoms with Crippen LogP contribution in [0.25, 0.3) is 0 Å². The Morgan fingerprint density at radius 1 is 1.29 bits per heavy atom. The highest BCUT2D eigenvalue weighted by Gasteiger charge is 2.11. The van der Waals surface area contributed by atoms with E-state index in [1.165, 1.54) is 6.07 Å². The van der Waals surface area contributed by atoms with Crippen LogP contribution in [-0.2, 0) is 0 Å². The molecule has 1 rings (SSSR count). The van der Waals surface area contributed by atoms with Crippen LogP contribution in [0.4, 0.5) is 4.39 Å². The zero-order valence-corrected chi connectivity index (χ0v) is 9.00. The van der Waals surface area contributed by atoms with Crippen LogP contribution >= 0.6 is 34.8 Å². The van der Waals surface area contributed by atoms with Crippen molar-refractivity contribution < 1.29 is 9.18 Å². The Labute approximate surface area is 95.1 Å². The van der Waals surface area contributed by atoms with Crippen molar-refractivity contribution in [1.82, 2.24) is 0 Å². The second-order valence-corrected chi connectivity index (χ2v) is 3.47. The highest BCUT2D eigenvalue weighted by atomic mass is 35.5. The molecule has 0 saturated heterocycles. The number of benzene rings is 1. The zero-order chi connectivity index (χ0) is 10.7. The lowest BCUT2D eigenvalue weighted by Gasteiger charge is -2.01. The van der Waals surface area contributed by atoms with Gasteiger partial charge in [0.05, 0.1) is 10.0 Å². The van der Waals surface area contributed by atoms with Crippen LogP contribution in [0.15, 0.2) is 23.7 Å². The molecule has 0 aliphatic rings. The quantitative estimate of drug-likeness (QED) is 0.441. The maximum Gasteiger partial charge on any atom is 0.188 e. The van der Waals surface area contributed by atoms with Crippen molar-refractivity contribution in [2.75, 3.05) is 0 Å². The van der Waals surface area contributed by atoms with Gasteiger partial charge in [-0.2, -0.15) is 0 Å². The van der Waals surface area contributed by atoms with Crippen molar-refractivity contribution >= 4 is 40.6 Å². The highest BCUT2D eigenvalue weighted by molar-refractivity contribution is 6.37. The van der Waals surface area contributed by atoms with Gasteiger partial charge in [-0.05, 0) is 18.2 Å². The highest BCUT2D eigenvalue weighted by Crippen LogP contribution is 2.24. The Morgan fingerprint density at radius 2 is 1.93 bits per heavy atom. The third-order valence-corrected chi connectivity index (χ3v) is 2.22. The summed E-state index contributed by atoms with van der Waals surface area (Å²) in [6, 6.07) is 2.15. The summed E-state index contributed by atoms with van der Waals surface area (Å²) >= 11 is 16.3. The fourth-order valence-electron chi connectivity index (χ4n) is 0.858. The molecule has 0 aliphatic heterocycles. The summed E-state index contributed by atoms with van der Waals surface area (Å²) in [5, 5.41) is -0.0300. The molecule has 0 heterocycles. The second-order valence-electron chi connectivity index (χ2n) is 2.40. The van der Waals surface area contributed by atoms with Crippen LogP contribution < -0.4 is 0 Å². The van der Waals surface area contributed by atoms with Gasteiger partial charge in [0, 0.05) is 11.1 Å². The van der Waals surface area contributed by atoms with Crippen molar-refractivity contribution in [1.29, 1.82) is 0 Å². The van der Waals surface area contributed by atoms with E-state index in [0.717, 1.165) is 17.7 Å². The van der Waals surface area contributed by atoms with E-state index in [1.54, 1.807) is 0 Å². The molecule has 0 unspecified atom stereocenters. The fourth-order valence-corrected chi connectivity index (χ4v) is 1.45. The van der Waals surface area contributed by atoms with E-state index in [2.05, 4.69) is 0 Å². The maximum absolute atomic E-state index is 13.0. The Bertz CT molecular complexity index is 401. The van der Waals surface area contributed by atoms with Crippen LogP contribution in [0, 0.1) is 5.82 Å². The largest absolute Gasteiger partial charge is 0.289 e. The lowest BCUT2D eigenvalue weighted by molar-refractivity contribution is 0.104. The summed E-state index contributed by atoms with van der Waals surface area (Å²) in [5.41, 5.74) is 1.07. The zero-order valence-electron chi connectivity index (χ0n) is 6.73. The average molecular weight is 253 g/mol. The van der Waals surface area contributed by atoms with Crippen LogP contribution in [-0.4, -0.2) is 5.78 Å². The van der Waals surface area contributed by atoms with Crippen molar-refractivity contribution in [3.05, 3.63) is 45.2 Å². The third kappa shape index (κ3) is 2.47. The smallest absolute Gasteiger partial charge is 0.188 e. The molecular weight excluding hydrogens is 249 g/mol. The SMILES string of the molecule is O=C(/C=C/Cl)c1cc(F)c(Cl)cc1Cl. The Morgan fingerprint density at radius 3 is 2.50 bits per heavy atom. The summed E-state index contributed by atoms with van der Waals surface area (Å²) < 4.78 is 13.0. The molecule has 0 fully saturated rings. The van der Waals surface area contributed by atoms with Crippen molar-refractivity contribution in [3.63, 3.8) is 0 Å². The Kier molecular flexibility index (Phi) is 3.93. The first-order valence-corrected chi connectivity index (χ1v) is 4.71. The first-order valence-electron chi connectivity index (χ1n) is 3.52. The number of carbonyl (C=O) groups excluding carboxylic acids is 1. The molecule has 0 radical (unpaired) electrons. The van der Waals surface area contributed by atoms with Crippen LogP contribution in [0.2, 0.25) is 10.0 Å². The lowest BCUT2D eigenvalue weighted by atomic mass is 10.1. The van der Waals surface area contributed by atoms with E-state index < -0.39 is 11.6 Å². The summed E-state index contributed by atoms with van der Waals surface area (Å²) in [4.78, 5) is 11.3. The van der Waals surface area contributed by atoms with Gasteiger partial charge in [-0.15, -0.1) is 0 Å². The molecule has 0 N–H and O–H groups in total. The van der Waals surface area contributed by atoms with Crippen molar-refractivity contribution in [2.45, 2.75) is 0 Å². The molecule has 0 bridgehead atoms. The molecule has 14 heavy (non-hydrogen) atoms. The monoisotopic (exact) mass is 252 g/mol. The lowest BCUT2D eigenvalue weighted by Crippen LogP contribution is -1.96. The minimum Gasteiger partial charge on any atom is -0.289 e. The number of ketones is 1. The Balaban J connectivity index is 3.22. The molecular formula is C9H4Cl3FO. The molecule has 0 aliphatic carbocycles. The normalized spacial score (nSPS) is 10.9. The molecule has 0 amide bonds. The Hall–Kier alpha value is -0.570. The molecule has 74 valence electrons. The van der Waals surface area contributed by atoms with Crippen LogP contribution in [0.5, 0.6) is 0 Å². The van der Waals surface area contributed by atoms with Gasteiger partial charge >= 0.3 is 0 Å². The van der Waals surface area contributed by atoms with Gasteiger partial charge in [0.1, 0.15) is 5.82 Å². The van der Waals surface area contributed by atoms with Gasteiger partial charge in [-0.25, -0.2) is 4.39 Å². The predicted molar refractivity (Wildman–Crippen MR) is 55.7 cm³/mol. The molecule has 0 aromatic heterocycles. The number of allylic oxidation sites excluding steroid dienone is 1. The third-order valence-electron chi connectivity index (χ3n) is 1.49. The summed E-state index contributed by atoms with van der Waals surface area (Å²) in [5.74, 6) is -1.16. The van der Waals surface area contributed by atoms with E-state index in [0.29, 0.717) is 0 Å². The van der Waals surface area contributed by atoms with E-state index in [1.807, 2.05) is 0 Å². The first-order chi connectivity index (χ1) is 6.56. The van der Waals surface area contributed by atoms with Gasteiger partial charge in [-0.1, -0.05) is 34.8 Å². The minimum absolute atomic E-state index is 0.0328. The van der Waals surface area contributed by atoms with Gasteiger partial charge in [0.2, 0.25) is 0 Å². The number of rotatable bonds is 2. The molecule has 1 aromatic carbocycles. The van der Waals surface area contributed by atoms with Crippen LogP contribution in [0.1, 0.15) is 10.4 Å². The predicted octanol–water partition coefficient (Wildman–Crippen LogP) is 4.07. The molecule has 5 heteroatoms. The number of hydrogen-bond donors (Lipinski definition) is 0. The van der Waals surface area contributed by atoms with E-state index in [9.17, 15) is 9.18 Å². The van der Waals surface area contributed by atoms with Crippen LogP contribution in [0.3, 0.4) is 0 Å². The molecule has 1 nitrogen and oxygen atoms in total. The topological polar surface area (TPSA) is 17.1 Å². The maximum atomic E-state index is 13.0. The number of carbonyl (C=O) groups is 1. The van der Waals surface area contributed by atoms with E-state index >= 15 is 0 Å². The second kappa shape index (κ2) is 4.78. The van der Waals surface area contributed by atoms with Gasteiger partial charge in [-0.3, -0.25) is 4.79 Å². The minimum atomic E-state index is -0.692.